The number of amides is 1. The first-order chi connectivity index (χ1) is 8.67. The zero-order valence-corrected chi connectivity index (χ0v) is 11.1. The van der Waals surface area contributed by atoms with Crippen LogP contribution in [0, 0.1) is 0 Å². The van der Waals surface area contributed by atoms with Crippen LogP contribution in [0.15, 0.2) is 18.2 Å². The van der Waals surface area contributed by atoms with Gasteiger partial charge in [-0.05, 0) is 38.0 Å². The van der Waals surface area contributed by atoms with E-state index in [1.807, 2.05) is 0 Å². The lowest BCUT2D eigenvalue weighted by molar-refractivity contribution is -0.116. The van der Waals surface area contributed by atoms with Gasteiger partial charge in [0, 0.05) is 29.6 Å². The van der Waals surface area contributed by atoms with E-state index in [2.05, 4.69) is 5.32 Å². The molecule has 3 N–H and O–H groups in total. The van der Waals surface area contributed by atoms with Gasteiger partial charge in [0.2, 0.25) is 5.91 Å². The van der Waals surface area contributed by atoms with E-state index < -0.39 is 17.9 Å². The molecule has 0 bridgehead atoms. The van der Waals surface area contributed by atoms with Crippen LogP contribution < -0.4 is 11.1 Å². The van der Waals surface area contributed by atoms with Gasteiger partial charge in [-0.3, -0.25) is 4.79 Å². The van der Waals surface area contributed by atoms with E-state index >= 15 is 0 Å². The maximum absolute atomic E-state index is 14.1. The minimum atomic E-state index is -2.96. The van der Waals surface area contributed by atoms with Gasteiger partial charge in [-0.15, -0.1) is 0 Å². The Morgan fingerprint density at radius 3 is 2.63 bits per heavy atom. The van der Waals surface area contributed by atoms with Gasteiger partial charge in [-0.2, -0.15) is 0 Å². The quantitative estimate of drug-likeness (QED) is 0.885. The molecule has 1 aromatic rings. The first-order valence-corrected chi connectivity index (χ1v) is 6.27. The molecule has 1 amide bonds. The van der Waals surface area contributed by atoms with Crippen molar-refractivity contribution in [1.29, 1.82) is 0 Å². The fraction of sp³-hybridized carbons (Fsp3) is 0.500. The minimum Gasteiger partial charge on any atom is -0.326 e. The summed E-state index contributed by atoms with van der Waals surface area (Å²) in [6.45, 7) is 3.17. The highest BCUT2D eigenvalue weighted by Crippen LogP contribution is 2.37. The molecule has 0 radical (unpaired) electrons. The second-order valence-electron chi connectivity index (χ2n) is 5.79. The SMILES string of the molecule is CC(C)(N)CC(F)(F)c1ccc2c(c1)CCC(=O)N2. The standard InChI is InChI=1S/C14H18F2N2O/c1-13(2,17)8-14(15,16)10-4-5-11-9(7-10)3-6-12(19)18-11/h4-5,7H,3,6,8,17H2,1-2H3,(H,18,19). The number of hydrogen-bond acceptors (Lipinski definition) is 2. The van der Waals surface area contributed by atoms with E-state index in [-0.39, 0.29) is 11.5 Å². The van der Waals surface area contributed by atoms with Crippen LogP contribution in [-0.4, -0.2) is 11.4 Å². The van der Waals surface area contributed by atoms with Crippen molar-refractivity contribution < 1.29 is 13.6 Å². The fourth-order valence-corrected chi connectivity index (χ4v) is 2.29. The van der Waals surface area contributed by atoms with Gasteiger partial charge in [-0.1, -0.05) is 6.07 Å². The lowest BCUT2D eigenvalue weighted by atomic mass is 9.91. The third-order valence-corrected chi connectivity index (χ3v) is 3.10. The molecule has 0 aromatic heterocycles. The highest BCUT2D eigenvalue weighted by molar-refractivity contribution is 5.93. The lowest BCUT2D eigenvalue weighted by Crippen LogP contribution is -2.38. The number of halogens is 2. The number of anilines is 1. The van der Waals surface area contributed by atoms with E-state index in [0.717, 1.165) is 5.56 Å². The van der Waals surface area contributed by atoms with Gasteiger partial charge in [0.1, 0.15) is 0 Å². The van der Waals surface area contributed by atoms with E-state index in [4.69, 9.17) is 5.73 Å². The van der Waals surface area contributed by atoms with Crippen LogP contribution in [0.4, 0.5) is 14.5 Å². The van der Waals surface area contributed by atoms with Crippen molar-refractivity contribution in [2.75, 3.05) is 5.32 Å². The molecule has 5 heteroatoms. The third kappa shape index (κ3) is 3.29. The van der Waals surface area contributed by atoms with Gasteiger partial charge in [0.25, 0.3) is 5.92 Å². The molecule has 0 fully saturated rings. The number of hydrogen-bond donors (Lipinski definition) is 2. The number of rotatable bonds is 3. The predicted molar refractivity (Wildman–Crippen MR) is 70.2 cm³/mol. The Kier molecular flexibility index (Phi) is 3.34. The van der Waals surface area contributed by atoms with Crippen LogP contribution in [0.5, 0.6) is 0 Å². The average Bonchev–Trinajstić information content (AvgIpc) is 2.25. The fourth-order valence-electron chi connectivity index (χ4n) is 2.29. The highest BCUT2D eigenvalue weighted by atomic mass is 19.3. The maximum Gasteiger partial charge on any atom is 0.275 e. The second-order valence-corrected chi connectivity index (χ2v) is 5.79. The first kappa shape index (κ1) is 13.9. The monoisotopic (exact) mass is 268 g/mol. The normalized spacial score (nSPS) is 15.9. The summed E-state index contributed by atoms with van der Waals surface area (Å²) in [6, 6.07) is 4.37. The molecular weight excluding hydrogens is 250 g/mol. The Balaban J connectivity index is 2.29. The van der Waals surface area contributed by atoms with E-state index in [9.17, 15) is 13.6 Å². The smallest absolute Gasteiger partial charge is 0.275 e. The van der Waals surface area contributed by atoms with Crippen molar-refractivity contribution in [2.24, 2.45) is 5.73 Å². The van der Waals surface area contributed by atoms with Crippen LogP contribution >= 0.6 is 0 Å². The molecule has 0 aliphatic carbocycles. The minimum absolute atomic E-state index is 0.0408. The molecule has 0 atom stereocenters. The summed E-state index contributed by atoms with van der Waals surface area (Å²) in [6.07, 6.45) is 0.423. The summed E-state index contributed by atoms with van der Waals surface area (Å²) >= 11 is 0. The Labute approximate surface area is 111 Å². The summed E-state index contributed by atoms with van der Waals surface area (Å²) in [5.41, 5.74) is 6.08. The Morgan fingerprint density at radius 1 is 1.32 bits per heavy atom. The molecule has 1 aromatic carbocycles. The predicted octanol–water partition coefficient (Wildman–Crippen LogP) is 2.79. The zero-order valence-electron chi connectivity index (χ0n) is 11.1. The number of carbonyl (C=O) groups excluding carboxylic acids is 1. The Bertz CT molecular complexity index is 507. The summed E-state index contributed by atoms with van der Waals surface area (Å²) in [5.74, 6) is -3.04. The Morgan fingerprint density at radius 2 is 2.00 bits per heavy atom. The first-order valence-electron chi connectivity index (χ1n) is 6.27. The molecule has 2 rings (SSSR count). The summed E-state index contributed by atoms with van der Waals surface area (Å²) in [4.78, 5) is 11.2. The van der Waals surface area contributed by atoms with E-state index in [1.54, 1.807) is 19.9 Å². The van der Waals surface area contributed by atoms with Crippen molar-refractivity contribution >= 4 is 11.6 Å². The van der Waals surface area contributed by atoms with Crippen molar-refractivity contribution in [3.63, 3.8) is 0 Å². The third-order valence-electron chi connectivity index (χ3n) is 3.10. The van der Waals surface area contributed by atoms with Gasteiger partial charge < -0.3 is 11.1 Å². The van der Waals surface area contributed by atoms with Crippen LogP contribution in [0.2, 0.25) is 0 Å². The number of fused-ring (bicyclic) bond motifs is 1. The van der Waals surface area contributed by atoms with Crippen LogP contribution in [0.25, 0.3) is 0 Å². The number of aryl methyl sites for hydroxylation is 1. The molecule has 0 saturated carbocycles. The number of alkyl halides is 2. The highest BCUT2D eigenvalue weighted by Gasteiger charge is 2.37. The molecule has 0 unspecified atom stereocenters. The molecule has 0 spiro atoms. The molecular formula is C14H18F2N2O. The summed E-state index contributed by atoms with van der Waals surface area (Å²) in [5, 5.41) is 2.68. The van der Waals surface area contributed by atoms with E-state index in [1.165, 1.54) is 12.1 Å². The van der Waals surface area contributed by atoms with Gasteiger partial charge in [0.15, 0.2) is 0 Å². The topological polar surface area (TPSA) is 55.1 Å². The average molecular weight is 268 g/mol. The van der Waals surface area contributed by atoms with E-state index in [0.29, 0.717) is 18.5 Å². The van der Waals surface area contributed by atoms with Gasteiger partial charge >= 0.3 is 0 Å². The van der Waals surface area contributed by atoms with Crippen LogP contribution in [-0.2, 0) is 17.1 Å². The van der Waals surface area contributed by atoms with Crippen LogP contribution in [0.3, 0.4) is 0 Å². The van der Waals surface area contributed by atoms with Crippen molar-refractivity contribution in [3.05, 3.63) is 29.3 Å². The van der Waals surface area contributed by atoms with Gasteiger partial charge in [0.05, 0.1) is 0 Å². The number of benzene rings is 1. The zero-order chi connectivity index (χ0) is 14.3. The summed E-state index contributed by atoms with van der Waals surface area (Å²) in [7, 11) is 0. The molecule has 104 valence electrons. The summed E-state index contributed by atoms with van der Waals surface area (Å²) < 4.78 is 28.3. The van der Waals surface area contributed by atoms with Gasteiger partial charge in [-0.25, -0.2) is 8.78 Å². The lowest BCUT2D eigenvalue weighted by Gasteiger charge is -2.27. The number of nitrogens with one attached hydrogen (secondary N) is 1. The van der Waals surface area contributed by atoms with Crippen molar-refractivity contribution in [2.45, 2.75) is 44.6 Å². The molecule has 19 heavy (non-hydrogen) atoms. The van der Waals surface area contributed by atoms with Crippen LogP contribution in [0.1, 0.15) is 37.8 Å². The number of carbonyl (C=O) groups is 1. The number of nitrogens with two attached hydrogens (primary N) is 1. The molecule has 1 aliphatic rings. The Hall–Kier alpha value is -1.49. The molecule has 0 saturated heterocycles. The molecule has 1 aliphatic heterocycles. The molecule has 3 nitrogen and oxygen atoms in total. The largest absolute Gasteiger partial charge is 0.326 e. The maximum atomic E-state index is 14.1. The molecule has 1 heterocycles. The van der Waals surface area contributed by atoms with Crippen molar-refractivity contribution in [3.8, 4) is 0 Å². The second kappa shape index (κ2) is 4.56. The van der Waals surface area contributed by atoms with Crippen molar-refractivity contribution in [1.82, 2.24) is 0 Å².